The van der Waals surface area contributed by atoms with Crippen LogP contribution >= 0.6 is 0 Å². The van der Waals surface area contributed by atoms with Gasteiger partial charge in [-0.2, -0.15) is 0 Å². The third-order valence-electron chi connectivity index (χ3n) is 3.47. The van der Waals surface area contributed by atoms with E-state index in [0.717, 1.165) is 30.6 Å². The monoisotopic (exact) mass is 297 g/mol. The summed E-state index contributed by atoms with van der Waals surface area (Å²) in [5, 5.41) is 0. The molecular weight excluding hydrogens is 274 g/mol. The van der Waals surface area contributed by atoms with Gasteiger partial charge in [0.05, 0.1) is 0 Å². The van der Waals surface area contributed by atoms with Crippen LogP contribution in [0.3, 0.4) is 0 Å². The second kappa shape index (κ2) is 8.88. The second-order valence-electron chi connectivity index (χ2n) is 5.26. The fraction of sp³-hybridized carbons (Fsp3) is 0.316. The maximum atomic E-state index is 12.1. The summed E-state index contributed by atoms with van der Waals surface area (Å²) in [5.74, 6) is -0.191. The Balaban J connectivity index is 1.90. The summed E-state index contributed by atoms with van der Waals surface area (Å²) in [6.07, 6.45) is 2.16. The molecule has 0 aliphatic carbocycles. The van der Waals surface area contributed by atoms with Crippen molar-refractivity contribution in [3.05, 3.63) is 66.2 Å². The molecule has 0 amide bonds. The number of benzene rings is 2. The molecule has 0 heterocycles. The van der Waals surface area contributed by atoms with E-state index in [4.69, 9.17) is 4.74 Å². The largest absolute Gasteiger partial charge is 0.459 e. The van der Waals surface area contributed by atoms with Crippen LogP contribution in [0.25, 0.3) is 0 Å². The van der Waals surface area contributed by atoms with Crippen molar-refractivity contribution < 1.29 is 9.53 Å². The fourth-order valence-electron chi connectivity index (χ4n) is 2.23. The number of nitrogens with zero attached hydrogens (tertiary/aromatic N) is 1. The lowest BCUT2D eigenvalue weighted by Gasteiger charge is -2.23. The van der Waals surface area contributed by atoms with Crippen LogP contribution in [0.4, 0.5) is 5.69 Å². The highest BCUT2D eigenvalue weighted by Crippen LogP contribution is 2.14. The topological polar surface area (TPSA) is 29.5 Å². The van der Waals surface area contributed by atoms with Gasteiger partial charge in [0, 0.05) is 12.2 Å². The zero-order valence-corrected chi connectivity index (χ0v) is 13.1. The molecule has 0 radical (unpaired) electrons. The van der Waals surface area contributed by atoms with Gasteiger partial charge in [-0.25, -0.2) is 0 Å². The third kappa shape index (κ3) is 5.24. The molecule has 2 aromatic rings. The van der Waals surface area contributed by atoms with Gasteiger partial charge in [-0.05, 0) is 24.1 Å². The molecule has 3 nitrogen and oxygen atoms in total. The van der Waals surface area contributed by atoms with Crippen LogP contribution in [0, 0.1) is 0 Å². The van der Waals surface area contributed by atoms with Crippen molar-refractivity contribution in [3.8, 4) is 0 Å². The predicted molar refractivity (Wildman–Crippen MR) is 89.8 cm³/mol. The summed E-state index contributed by atoms with van der Waals surface area (Å²) in [5.41, 5.74) is 2.07. The van der Waals surface area contributed by atoms with Crippen molar-refractivity contribution in [1.82, 2.24) is 0 Å². The number of rotatable bonds is 8. The van der Waals surface area contributed by atoms with E-state index in [9.17, 15) is 4.79 Å². The number of unbranched alkanes of at least 4 members (excludes halogenated alkanes) is 1. The van der Waals surface area contributed by atoms with E-state index in [1.54, 1.807) is 0 Å². The molecule has 0 aromatic heterocycles. The number of hydrogen-bond donors (Lipinski definition) is 0. The fourth-order valence-corrected chi connectivity index (χ4v) is 2.23. The highest BCUT2D eigenvalue weighted by Gasteiger charge is 2.12. The molecule has 0 atom stereocenters. The lowest BCUT2D eigenvalue weighted by atomic mass is 10.2. The van der Waals surface area contributed by atoms with Gasteiger partial charge in [-0.3, -0.25) is 4.79 Å². The number of carbonyl (C=O) groups excluding carboxylic acids is 1. The Morgan fingerprint density at radius 1 is 1.00 bits per heavy atom. The van der Waals surface area contributed by atoms with Crippen molar-refractivity contribution in [2.45, 2.75) is 26.4 Å². The van der Waals surface area contributed by atoms with E-state index < -0.39 is 0 Å². The average molecular weight is 297 g/mol. The first-order valence-electron chi connectivity index (χ1n) is 7.79. The molecule has 2 aromatic carbocycles. The van der Waals surface area contributed by atoms with Crippen LogP contribution in [0.1, 0.15) is 25.3 Å². The van der Waals surface area contributed by atoms with Crippen LogP contribution < -0.4 is 4.90 Å². The van der Waals surface area contributed by atoms with Crippen molar-refractivity contribution in [3.63, 3.8) is 0 Å². The first-order chi connectivity index (χ1) is 10.8. The summed E-state index contributed by atoms with van der Waals surface area (Å²) >= 11 is 0. The summed E-state index contributed by atoms with van der Waals surface area (Å²) in [6.45, 7) is 3.63. The molecule has 0 spiro atoms. The smallest absolute Gasteiger partial charge is 0.325 e. The van der Waals surface area contributed by atoms with Gasteiger partial charge < -0.3 is 9.64 Å². The second-order valence-corrected chi connectivity index (χ2v) is 5.26. The van der Waals surface area contributed by atoms with Crippen molar-refractivity contribution in [1.29, 1.82) is 0 Å². The average Bonchev–Trinajstić information content (AvgIpc) is 2.58. The first-order valence-corrected chi connectivity index (χ1v) is 7.79. The van der Waals surface area contributed by atoms with Gasteiger partial charge in [0.15, 0.2) is 0 Å². The normalized spacial score (nSPS) is 10.2. The molecule has 0 aliphatic heterocycles. The molecule has 2 rings (SSSR count). The minimum atomic E-state index is -0.191. The number of para-hydroxylation sites is 1. The van der Waals surface area contributed by atoms with E-state index in [0.29, 0.717) is 6.61 Å². The zero-order valence-electron chi connectivity index (χ0n) is 13.1. The Kier molecular flexibility index (Phi) is 6.49. The van der Waals surface area contributed by atoms with Gasteiger partial charge in [0.25, 0.3) is 0 Å². The van der Waals surface area contributed by atoms with E-state index in [2.05, 4.69) is 11.8 Å². The maximum Gasteiger partial charge on any atom is 0.325 e. The molecule has 0 fully saturated rings. The van der Waals surface area contributed by atoms with Crippen LogP contribution in [-0.4, -0.2) is 19.1 Å². The Labute approximate surface area is 132 Å². The van der Waals surface area contributed by atoms with Gasteiger partial charge in [-0.15, -0.1) is 0 Å². The quantitative estimate of drug-likeness (QED) is 0.689. The van der Waals surface area contributed by atoms with E-state index in [1.165, 1.54) is 0 Å². The lowest BCUT2D eigenvalue weighted by Crippen LogP contribution is -2.31. The molecule has 22 heavy (non-hydrogen) atoms. The van der Waals surface area contributed by atoms with E-state index in [1.807, 2.05) is 60.7 Å². The SMILES string of the molecule is CCCCN(CC(=O)OCc1ccccc1)c1ccccc1. The van der Waals surface area contributed by atoms with Gasteiger partial charge in [0.2, 0.25) is 0 Å². The molecule has 0 unspecified atom stereocenters. The molecular formula is C19H23NO2. The number of carbonyl (C=O) groups is 1. The van der Waals surface area contributed by atoms with Crippen molar-refractivity contribution in [2.75, 3.05) is 18.0 Å². The van der Waals surface area contributed by atoms with Crippen LogP contribution in [-0.2, 0) is 16.1 Å². The molecule has 0 bridgehead atoms. The highest BCUT2D eigenvalue weighted by molar-refractivity contribution is 5.75. The molecule has 0 aliphatic rings. The van der Waals surface area contributed by atoms with Gasteiger partial charge >= 0.3 is 5.97 Å². The molecule has 3 heteroatoms. The van der Waals surface area contributed by atoms with Crippen LogP contribution in [0.15, 0.2) is 60.7 Å². The summed E-state index contributed by atoms with van der Waals surface area (Å²) in [6, 6.07) is 19.8. The minimum Gasteiger partial charge on any atom is -0.459 e. The Morgan fingerprint density at radius 2 is 1.64 bits per heavy atom. The first kappa shape index (κ1) is 16.1. The third-order valence-corrected chi connectivity index (χ3v) is 3.47. The van der Waals surface area contributed by atoms with Gasteiger partial charge in [0.1, 0.15) is 13.2 Å². The summed E-state index contributed by atoms with van der Waals surface area (Å²) in [7, 11) is 0. The van der Waals surface area contributed by atoms with Crippen molar-refractivity contribution in [2.24, 2.45) is 0 Å². The molecule has 0 saturated heterocycles. The standard InChI is InChI=1S/C19H23NO2/c1-2-3-14-20(18-12-8-5-9-13-18)15-19(21)22-16-17-10-6-4-7-11-17/h4-13H,2-3,14-16H2,1H3. The molecule has 0 saturated carbocycles. The number of esters is 1. The Bertz CT molecular complexity index is 554. The van der Waals surface area contributed by atoms with Crippen LogP contribution in [0.2, 0.25) is 0 Å². The van der Waals surface area contributed by atoms with Crippen molar-refractivity contribution >= 4 is 11.7 Å². The number of anilines is 1. The zero-order chi connectivity index (χ0) is 15.6. The van der Waals surface area contributed by atoms with E-state index >= 15 is 0 Å². The maximum absolute atomic E-state index is 12.1. The van der Waals surface area contributed by atoms with Crippen LogP contribution in [0.5, 0.6) is 0 Å². The summed E-state index contributed by atoms with van der Waals surface area (Å²) < 4.78 is 5.38. The lowest BCUT2D eigenvalue weighted by molar-refractivity contribution is -0.143. The molecule has 116 valence electrons. The number of ether oxygens (including phenoxy) is 1. The minimum absolute atomic E-state index is 0.191. The number of hydrogen-bond acceptors (Lipinski definition) is 3. The Hall–Kier alpha value is -2.29. The Morgan fingerprint density at radius 3 is 2.27 bits per heavy atom. The van der Waals surface area contributed by atoms with Gasteiger partial charge in [-0.1, -0.05) is 61.9 Å². The summed E-state index contributed by atoms with van der Waals surface area (Å²) in [4.78, 5) is 14.2. The highest BCUT2D eigenvalue weighted by atomic mass is 16.5. The van der Waals surface area contributed by atoms with E-state index in [-0.39, 0.29) is 12.5 Å². The predicted octanol–water partition coefficient (Wildman–Crippen LogP) is 4.04. The molecule has 0 N–H and O–H groups in total.